The van der Waals surface area contributed by atoms with Crippen molar-refractivity contribution in [2.45, 2.75) is 24.8 Å². The zero-order valence-corrected chi connectivity index (χ0v) is 10.8. The van der Waals surface area contributed by atoms with Crippen LogP contribution in [0.25, 0.3) is 0 Å². The molecule has 2 aliphatic rings. The Bertz CT molecular complexity index is 561. The van der Waals surface area contributed by atoms with Gasteiger partial charge in [-0.25, -0.2) is 4.99 Å². The van der Waals surface area contributed by atoms with E-state index in [1.54, 1.807) is 24.3 Å². The van der Waals surface area contributed by atoms with Gasteiger partial charge in [0.25, 0.3) is 0 Å². The molecule has 98 valence electrons. The highest BCUT2D eigenvalue weighted by Gasteiger charge is 2.35. The molecule has 3 rings (SSSR count). The number of rotatable bonds is 2. The van der Waals surface area contributed by atoms with Gasteiger partial charge in [-0.05, 0) is 30.5 Å². The quantitative estimate of drug-likeness (QED) is 0.797. The third kappa shape index (κ3) is 2.61. The molecule has 6 heteroatoms. The summed E-state index contributed by atoms with van der Waals surface area (Å²) in [6, 6.07) is 6.97. The minimum atomic E-state index is -0.878. The number of guanidine groups is 1. The van der Waals surface area contributed by atoms with Crippen LogP contribution in [0.15, 0.2) is 29.3 Å². The summed E-state index contributed by atoms with van der Waals surface area (Å²) in [4.78, 5) is 28.3. The topological polar surface area (TPSA) is 70.6 Å². The molecule has 1 aromatic rings. The normalized spacial score (nSPS) is 22.8. The first-order valence-electron chi connectivity index (χ1n) is 6.08. The number of nitrogens with one attached hydrogen (secondary N) is 2. The average molecular weight is 278 g/mol. The molecule has 1 saturated heterocycles. The number of hydrogen-bond donors (Lipinski definition) is 2. The largest absolute Gasteiger partial charge is 0.295 e. The minimum absolute atomic E-state index is 0.235. The summed E-state index contributed by atoms with van der Waals surface area (Å²) in [5.41, 5.74) is 0.577. The van der Waals surface area contributed by atoms with Crippen molar-refractivity contribution in [2.24, 2.45) is 4.99 Å². The highest BCUT2D eigenvalue weighted by Crippen LogP contribution is 2.25. The van der Waals surface area contributed by atoms with E-state index in [4.69, 9.17) is 11.6 Å². The number of carbonyl (C=O) groups excluding carboxylic acids is 2. The van der Waals surface area contributed by atoms with Crippen LogP contribution in [0, 0.1) is 0 Å². The van der Waals surface area contributed by atoms with E-state index >= 15 is 0 Å². The molecular formula is C13H12ClN3O2. The Labute approximate surface area is 115 Å². The summed E-state index contributed by atoms with van der Waals surface area (Å²) >= 11 is 5.88. The first-order valence-corrected chi connectivity index (χ1v) is 6.46. The third-order valence-electron chi connectivity index (χ3n) is 3.05. The fourth-order valence-corrected chi connectivity index (χ4v) is 2.17. The third-order valence-corrected chi connectivity index (χ3v) is 3.28. The lowest BCUT2D eigenvalue weighted by Gasteiger charge is -2.23. The van der Waals surface area contributed by atoms with Gasteiger partial charge < -0.3 is 0 Å². The van der Waals surface area contributed by atoms with Crippen molar-refractivity contribution in [2.75, 3.05) is 0 Å². The Morgan fingerprint density at radius 1 is 1.16 bits per heavy atom. The Morgan fingerprint density at radius 3 is 2.42 bits per heavy atom. The maximum absolute atomic E-state index is 12.0. The SMILES string of the molecule is O=C1NC(=NC2CC2)NC(=O)C1c1cccc(Cl)c1. The average Bonchev–Trinajstić information content (AvgIpc) is 3.12. The molecule has 0 atom stereocenters. The van der Waals surface area contributed by atoms with E-state index in [0.717, 1.165) is 12.8 Å². The molecule has 2 N–H and O–H groups in total. The summed E-state index contributed by atoms with van der Waals surface area (Å²) < 4.78 is 0. The van der Waals surface area contributed by atoms with Gasteiger partial charge in [0, 0.05) is 5.02 Å². The number of carbonyl (C=O) groups is 2. The van der Waals surface area contributed by atoms with Crippen LogP contribution in [0.3, 0.4) is 0 Å². The van der Waals surface area contributed by atoms with E-state index in [2.05, 4.69) is 15.6 Å². The smallest absolute Gasteiger partial charge is 0.243 e. The zero-order valence-electron chi connectivity index (χ0n) is 10.0. The van der Waals surface area contributed by atoms with Gasteiger partial charge in [0.15, 0.2) is 0 Å². The summed E-state index contributed by atoms with van der Waals surface area (Å²) in [6.45, 7) is 0. The second-order valence-corrected chi connectivity index (χ2v) is 5.11. The lowest BCUT2D eigenvalue weighted by Crippen LogP contribution is -2.55. The van der Waals surface area contributed by atoms with Crippen molar-refractivity contribution < 1.29 is 9.59 Å². The fraction of sp³-hybridized carbons (Fsp3) is 0.308. The van der Waals surface area contributed by atoms with Crippen molar-refractivity contribution in [3.8, 4) is 0 Å². The molecule has 19 heavy (non-hydrogen) atoms. The van der Waals surface area contributed by atoms with Crippen LogP contribution in [0.4, 0.5) is 0 Å². The molecule has 0 radical (unpaired) electrons. The molecule has 2 fully saturated rings. The predicted molar refractivity (Wildman–Crippen MR) is 70.9 cm³/mol. The standard InChI is InChI=1S/C13H12ClN3O2/c14-8-3-1-2-7(6-8)10-11(18)16-13(17-12(10)19)15-9-4-5-9/h1-3,6,9-10H,4-5H2,(H2,15,16,17,18,19). The molecular weight excluding hydrogens is 266 g/mol. The van der Waals surface area contributed by atoms with Gasteiger partial charge in [0.1, 0.15) is 5.92 Å². The van der Waals surface area contributed by atoms with E-state index in [0.29, 0.717) is 10.6 Å². The van der Waals surface area contributed by atoms with Crippen LogP contribution in [0.2, 0.25) is 5.02 Å². The minimum Gasteiger partial charge on any atom is -0.295 e. The molecule has 1 heterocycles. The molecule has 5 nitrogen and oxygen atoms in total. The van der Waals surface area contributed by atoms with Gasteiger partial charge in [0.05, 0.1) is 6.04 Å². The lowest BCUT2D eigenvalue weighted by molar-refractivity contribution is -0.131. The van der Waals surface area contributed by atoms with Crippen molar-refractivity contribution >= 4 is 29.4 Å². The number of aliphatic imine (C=N–C) groups is 1. The van der Waals surface area contributed by atoms with E-state index in [1.807, 2.05) is 0 Å². The van der Waals surface area contributed by atoms with Crippen LogP contribution in [0.1, 0.15) is 24.3 Å². The summed E-state index contributed by atoms with van der Waals surface area (Å²) in [5, 5.41) is 5.74. The van der Waals surface area contributed by atoms with Crippen molar-refractivity contribution in [1.82, 2.24) is 10.6 Å². The number of benzene rings is 1. The lowest BCUT2D eigenvalue weighted by atomic mass is 9.96. The summed E-state index contributed by atoms with van der Waals surface area (Å²) in [5.74, 6) is -1.36. The van der Waals surface area contributed by atoms with Crippen molar-refractivity contribution in [3.05, 3.63) is 34.9 Å². The van der Waals surface area contributed by atoms with E-state index in [9.17, 15) is 9.59 Å². The van der Waals surface area contributed by atoms with Crippen molar-refractivity contribution in [1.29, 1.82) is 0 Å². The van der Waals surface area contributed by atoms with Crippen LogP contribution >= 0.6 is 11.6 Å². The summed E-state index contributed by atoms with van der Waals surface area (Å²) in [7, 11) is 0. The maximum Gasteiger partial charge on any atom is 0.243 e. The number of amides is 2. The van der Waals surface area contributed by atoms with Crippen LogP contribution in [0.5, 0.6) is 0 Å². The Hall–Kier alpha value is -1.88. The van der Waals surface area contributed by atoms with Crippen LogP contribution < -0.4 is 10.6 Å². The summed E-state index contributed by atoms with van der Waals surface area (Å²) in [6.07, 6.45) is 2.01. The van der Waals surface area contributed by atoms with E-state index in [1.165, 1.54) is 0 Å². The van der Waals surface area contributed by atoms with E-state index in [-0.39, 0.29) is 23.8 Å². The molecule has 0 bridgehead atoms. The van der Waals surface area contributed by atoms with Gasteiger partial charge >= 0.3 is 0 Å². The molecule has 0 spiro atoms. The van der Waals surface area contributed by atoms with Crippen LogP contribution in [-0.4, -0.2) is 23.8 Å². The van der Waals surface area contributed by atoms with Crippen molar-refractivity contribution in [3.63, 3.8) is 0 Å². The van der Waals surface area contributed by atoms with Crippen LogP contribution in [-0.2, 0) is 9.59 Å². The molecule has 2 amide bonds. The van der Waals surface area contributed by atoms with Gasteiger partial charge in [-0.3, -0.25) is 20.2 Å². The molecule has 1 aliphatic heterocycles. The first kappa shape index (κ1) is 12.2. The second kappa shape index (κ2) is 4.66. The zero-order chi connectivity index (χ0) is 13.4. The van der Waals surface area contributed by atoms with Gasteiger partial charge in [-0.1, -0.05) is 23.7 Å². The van der Waals surface area contributed by atoms with E-state index < -0.39 is 5.92 Å². The van der Waals surface area contributed by atoms with Gasteiger partial charge in [-0.2, -0.15) is 0 Å². The fourth-order valence-electron chi connectivity index (χ4n) is 1.97. The number of hydrogen-bond acceptors (Lipinski definition) is 3. The highest BCUT2D eigenvalue weighted by atomic mass is 35.5. The molecule has 1 aromatic carbocycles. The number of nitrogens with zero attached hydrogens (tertiary/aromatic N) is 1. The number of halogens is 1. The second-order valence-electron chi connectivity index (χ2n) is 4.68. The maximum atomic E-state index is 12.0. The monoisotopic (exact) mass is 277 g/mol. The Balaban J connectivity index is 1.84. The predicted octanol–water partition coefficient (Wildman–Crippen LogP) is 1.19. The highest BCUT2D eigenvalue weighted by molar-refractivity contribution is 6.30. The first-order chi connectivity index (χ1) is 9.13. The molecule has 0 aromatic heterocycles. The van der Waals surface area contributed by atoms with Gasteiger partial charge in [-0.15, -0.1) is 0 Å². The molecule has 1 aliphatic carbocycles. The molecule has 1 saturated carbocycles. The van der Waals surface area contributed by atoms with Gasteiger partial charge in [0.2, 0.25) is 17.8 Å². The Kier molecular flexibility index (Phi) is 2.98. The Morgan fingerprint density at radius 2 is 1.84 bits per heavy atom. The molecule has 0 unspecified atom stereocenters.